The predicted molar refractivity (Wildman–Crippen MR) is 125 cm³/mol. The first kappa shape index (κ1) is 24.3. The van der Waals surface area contributed by atoms with Crippen molar-refractivity contribution in [1.82, 2.24) is 4.90 Å². The van der Waals surface area contributed by atoms with Crippen LogP contribution in [-0.4, -0.2) is 43.5 Å². The molecule has 0 aliphatic carbocycles. The molecule has 7 heteroatoms. The second kappa shape index (κ2) is 12.0. The normalized spacial score (nSPS) is 10.7. The van der Waals surface area contributed by atoms with Gasteiger partial charge in [0.1, 0.15) is 6.54 Å². The molecule has 0 unspecified atom stereocenters. The molecule has 0 fully saturated rings. The first-order valence-electron chi connectivity index (χ1n) is 10.2. The summed E-state index contributed by atoms with van der Waals surface area (Å²) in [5, 5.41) is 3.26. The molecule has 0 aliphatic rings. The molecule has 2 amide bonds. The van der Waals surface area contributed by atoms with Crippen LogP contribution in [0.5, 0.6) is 11.5 Å². The number of benzene rings is 2. The molecule has 166 valence electrons. The van der Waals surface area contributed by atoms with E-state index in [0.717, 1.165) is 17.7 Å². The lowest BCUT2D eigenvalue weighted by molar-refractivity contribution is -0.130. The summed E-state index contributed by atoms with van der Waals surface area (Å²) in [5.74, 6) is 0.461. The molecule has 31 heavy (non-hydrogen) atoms. The number of amides is 2. The highest BCUT2D eigenvalue weighted by Gasteiger charge is 2.16. The summed E-state index contributed by atoms with van der Waals surface area (Å²) in [7, 11) is 1.52. The fourth-order valence-corrected chi connectivity index (χ4v) is 3.33. The first-order valence-corrected chi connectivity index (χ1v) is 10.6. The van der Waals surface area contributed by atoms with Crippen LogP contribution >= 0.6 is 11.6 Å². The second-order valence-electron chi connectivity index (χ2n) is 6.92. The van der Waals surface area contributed by atoms with Gasteiger partial charge in [0, 0.05) is 18.3 Å². The zero-order valence-electron chi connectivity index (χ0n) is 18.4. The van der Waals surface area contributed by atoms with Crippen molar-refractivity contribution in [2.75, 3.05) is 32.1 Å². The van der Waals surface area contributed by atoms with Crippen LogP contribution in [0.15, 0.2) is 42.5 Å². The number of hydrogen-bond acceptors (Lipinski definition) is 4. The molecule has 2 rings (SSSR count). The van der Waals surface area contributed by atoms with Crippen LogP contribution in [0.4, 0.5) is 5.69 Å². The standard InChI is InChI=1S/C24H29ClN2O4/c1-5-13-27(16-22(28)26-20-10-8-7-9-17(20)3)23(29)12-11-18-14-19(25)24(30-4)21(15-18)31-6-2/h7-12,14-15H,5-6,13,16H2,1-4H3,(H,26,28)/b12-11+. The van der Waals surface area contributed by atoms with E-state index in [-0.39, 0.29) is 18.4 Å². The van der Waals surface area contributed by atoms with E-state index >= 15 is 0 Å². The summed E-state index contributed by atoms with van der Waals surface area (Å²) in [4.78, 5) is 26.7. The predicted octanol–water partition coefficient (Wildman–Crippen LogP) is 4.95. The maximum Gasteiger partial charge on any atom is 0.247 e. The molecule has 0 aromatic heterocycles. The van der Waals surface area contributed by atoms with Crippen molar-refractivity contribution < 1.29 is 19.1 Å². The highest BCUT2D eigenvalue weighted by Crippen LogP contribution is 2.36. The lowest BCUT2D eigenvalue weighted by Crippen LogP contribution is -2.37. The average molecular weight is 445 g/mol. The number of aryl methyl sites for hydroxylation is 1. The SMILES string of the molecule is CCCN(CC(=O)Nc1ccccc1C)C(=O)/C=C/c1cc(Cl)c(OC)c(OCC)c1. The smallest absolute Gasteiger partial charge is 0.247 e. The molecule has 6 nitrogen and oxygen atoms in total. The third kappa shape index (κ3) is 7.03. The summed E-state index contributed by atoms with van der Waals surface area (Å²) >= 11 is 6.27. The molecule has 0 bridgehead atoms. The maximum absolute atomic E-state index is 12.8. The van der Waals surface area contributed by atoms with Gasteiger partial charge in [0.2, 0.25) is 11.8 Å². The van der Waals surface area contributed by atoms with Crippen LogP contribution in [0.3, 0.4) is 0 Å². The Morgan fingerprint density at radius 3 is 2.58 bits per heavy atom. The lowest BCUT2D eigenvalue weighted by Gasteiger charge is -2.20. The Morgan fingerprint density at radius 1 is 1.19 bits per heavy atom. The minimum atomic E-state index is -0.258. The van der Waals surface area contributed by atoms with Gasteiger partial charge in [-0.2, -0.15) is 0 Å². The average Bonchev–Trinajstić information content (AvgIpc) is 2.73. The van der Waals surface area contributed by atoms with Crippen molar-refractivity contribution in [1.29, 1.82) is 0 Å². The fraction of sp³-hybridized carbons (Fsp3) is 0.333. The fourth-order valence-electron chi connectivity index (χ4n) is 3.03. The van der Waals surface area contributed by atoms with E-state index in [0.29, 0.717) is 35.2 Å². The van der Waals surface area contributed by atoms with Gasteiger partial charge in [0.05, 0.1) is 18.7 Å². The highest BCUT2D eigenvalue weighted by atomic mass is 35.5. The second-order valence-corrected chi connectivity index (χ2v) is 7.33. The molecule has 2 aromatic carbocycles. The number of hydrogen-bond donors (Lipinski definition) is 1. The van der Waals surface area contributed by atoms with Crippen LogP contribution in [0.2, 0.25) is 5.02 Å². The van der Waals surface area contributed by atoms with Crippen LogP contribution in [0.1, 0.15) is 31.4 Å². The molecule has 1 N–H and O–H groups in total. The summed E-state index contributed by atoms with van der Waals surface area (Å²) in [6.07, 6.45) is 3.82. The minimum absolute atomic E-state index is 0.0289. The number of rotatable bonds is 10. The van der Waals surface area contributed by atoms with Gasteiger partial charge in [-0.3, -0.25) is 9.59 Å². The van der Waals surface area contributed by atoms with Crippen molar-refractivity contribution in [2.24, 2.45) is 0 Å². The molecule has 0 aliphatic heterocycles. The quantitative estimate of drug-likeness (QED) is 0.526. The van der Waals surface area contributed by atoms with E-state index < -0.39 is 0 Å². The Bertz CT molecular complexity index is 943. The third-order valence-electron chi connectivity index (χ3n) is 4.51. The molecule has 0 radical (unpaired) electrons. The van der Waals surface area contributed by atoms with E-state index in [2.05, 4.69) is 5.32 Å². The largest absolute Gasteiger partial charge is 0.491 e. The molecule has 0 saturated heterocycles. The van der Waals surface area contributed by atoms with Crippen LogP contribution < -0.4 is 14.8 Å². The Kier molecular flexibility index (Phi) is 9.40. The van der Waals surface area contributed by atoms with Crippen molar-refractivity contribution in [3.8, 4) is 11.5 Å². The molecule has 0 saturated carbocycles. The van der Waals surface area contributed by atoms with Crippen LogP contribution in [0, 0.1) is 6.92 Å². The van der Waals surface area contributed by atoms with E-state index in [9.17, 15) is 9.59 Å². The van der Waals surface area contributed by atoms with Gasteiger partial charge >= 0.3 is 0 Å². The van der Waals surface area contributed by atoms with E-state index in [1.165, 1.54) is 18.1 Å². The van der Waals surface area contributed by atoms with Gasteiger partial charge in [-0.1, -0.05) is 36.7 Å². The number of nitrogens with zero attached hydrogens (tertiary/aromatic N) is 1. The van der Waals surface area contributed by atoms with Crippen molar-refractivity contribution in [2.45, 2.75) is 27.2 Å². The maximum atomic E-state index is 12.8. The Labute approximate surface area is 188 Å². The number of carbonyl (C=O) groups excluding carboxylic acids is 2. The zero-order valence-corrected chi connectivity index (χ0v) is 19.2. The summed E-state index contributed by atoms with van der Waals surface area (Å²) in [5.41, 5.74) is 2.40. The summed E-state index contributed by atoms with van der Waals surface area (Å²) < 4.78 is 10.8. The molecular formula is C24H29ClN2O4. The lowest BCUT2D eigenvalue weighted by atomic mass is 10.1. The molecular weight excluding hydrogens is 416 g/mol. The molecule has 0 spiro atoms. The monoisotopic (exact) mass is 444 g/mol. The molecule has 2 aromatic rings. The van der Waals surface area contributed by atoms with Crippen molar-refractivity contribution in [3.63, 3.8) is 0 Å². The Morgan fingerprint density at radius 2 is 1.94 bits per heavy atom. The van der Waals surface area contributed by atoms with Gasteiger partial charge in [-0.25, -0.2) is 0 Å². The van der Waals surface area contributed by atoms with Gasteiger partial charge in [0.25, 0.3) is 0 Å². The van der Waals surface area contributed by atoms with E-state index in [4.69, 9.17) is 21.1 Å². The van der Waals surface area contributed by atoms with E-state index in [1.54, 1.807) is 18.2 Å². The number of ether oxygens (including phenoxy) is 2. The van der Waals surface area contributed by atoms with Gasteiger partial charge in [0.15, 0.2) is 11.5 Å². The van der Waals surface area contributed by atoms with E-state index in [1.807, 2.05) is 45.0 Å². The number of carbonyl (C=O) groups is 2. The Balaban J connectivity index is 2.12. The summed E-state index contributed by atoms with van der Waals surface area (Å²) in [6.45, 7) is 6.64. The molecule has 0 heterocycles. The van der Waals surface area contributed by atoms with Crippen LogP contribution in [0.25, 0.3) is 6.08 Å². The molecule has 0 atom stereocenters. The number of para-hydroxylation sites is 1. The Hall–Kier alpha value is -2.99. The minimum Gasteiger partial charge on any atom is -0.491 e. The van der Waals surface area contributed by atoms with Gasteiger partial charge in [-0.05, 0) is 55.7 Å². The van der Waals surface area contributed by atoms with Gasteiger partial charge in [-0.15, -0.1) is 0 Å². The van der Waals surface area contributed by atoms with Crippen molar-refractivity contribution in [3.05, 3.63) is 58.6 Å². The summed E-state index contributed by atoms with van der Waals surface area (Å²) in [6, 6.07) is 11.0. The highest BCUT2D eigenvalue weighted by molar-refractivity contribution is 6.32. The number of anilines is 1. The van der Waals surface area contributed by atoms with Gasteiger partial charge < -0.3 is 19.7 Å². The number of halogens is 1. The third-order valence-corrected chi connectivity index (χ3v) is 4.79. The van der Waals surface area contributed by atoms with Crippen molar-refractivity contribution >= 4 is 35.2 Å². The zero-order chi connectivity index (χ0) is 22.8. The first-order chi connectivity index (χ1) is 14.9. The van der Waals surface area contributed by atoms with Crippen LogP contribution in [-0.2, 0) is 9.59 Å². The topological polar surface area (TPSA) is 67.9 Å². The number of methoxy groups -OCH3 is 1. The number of nitrogens with one attached hydrogen (secondary N) is 1.